The Morgan fingerprint density at radius 2 is 1.58 bits per heavy atom. The number of benzene rings is 1. The number of hydrogen-bond donors (Lipinski definition) is 0. The summed E-state index contributed by atoms with van der Waals surface area (Å²) in [5, 5.41) is 0. The fourth-order valence-corrected chi connectivity index (χ4v) is 5.46. The summed E-state index contributed by atoms with van der Waals surface area (Å²) in [6.07, 6.45) is 7.49. The molecule has 3 saturated heterocycles. The van der Waals surface area contributed by atoms with Crippen molar-refractivity contribution < 1.29 is 9.53 Å². The lowest BCUT2D eigenvalue weighted by Gasteiger charge is -2.39. The molecule has 0 radical (unpaired) electrons. The quantitative estimate of drug-likeness (QED) is 0.805. The molecule has 3 heterocycles. The van der Waals surface area contributed by atoms with Gasteiger partial charge >= 0.3 is 0 Å². The third-order valence-corrected chi connectivity index (χ3v) is 7.03. The molecular weight excluding hydrogens is 344 g/mol. The highest BCUT2D eigenvalue weighted by atomic mass is 32.2. The molecule has 3 aliphatic rings. The van der Waals surface area contributed by atoms with Crippen LogP contribution in [0, 0.1) is 0 Å². The highest BCUT2D eigenvalue weighted by Gasteiger charge is 2.27. The van der Waals surface area contributed by atoms with E-state index in [0.717, 1.165) is 69.2 Å². The Kier molecular flexibility index (Phi) is 6.05. The summed E-state index contributed by atoms with van der Waals surface area (Å²) in [5.74, 6) is 3.70. The van der Waals surface area contributed by atoms with E-state index in [1.54, 1.807) is 0 Å². The van der Waals surface area contributed by atoms with Crippen molar-refractivity contribution in [3.8, 4) is 5.75 Å². The molecule has 26 heavy (non-hydrogen) atoms. The number of carbonyl (C=O) groups is 1. The summed E-state index contributed by atoms with van der Waals surface area (Å²) >= 11 is 2.10. The molecule has 1 aromatic carbocycles. The van der Waals surface area contributed by atoms with Gasteiger partial charge in [0.1, 0.15) is 11.9 Å². The van der Waals surface area contributed by atoms with Gasteiger partial charge in [-0.15, -0.1) is 0 Å². The van der Waals surface area contributed by atoms with Gasteiger partial charge in [0.2, 0.25) is 0 Å². The number of hydrogen-bond acceptors (Lipinski definition) is 4. The molecule has 1 aromatic rings. The molecule has 0 spiro atoms. The maximum atomic E-state index is 12.4. The van der Waals surface area contributed by atoms with Gasteiger partial charge in [-0.3, -0.25) is 4.79 Å². The molecule has 0 aromatic heterocycles. The molecular formula is C21H30N2O2S. The van der Waals surface area contributed by atoms with Crippen LogP contribution in [0.25, 0.3) is 0 Å². The summed E-state index contributed by atoms with van der Waals surface area (Å²) in [4.78, 5) is 17.0. The maximum Gasteiger partial charge on any atom is 0.253 e. The minimum atomic E-state index is 0.160. The van der Waals surface area contributed by atoms with E-state index in [4.69, 9.17) is 4.74 Å². The van der Waals surface area contributed by atoms with Gasteiger partial charge in [-0.1, -0.05) is 0 Å². The third kappa shape index (κ3) is 4.37. The first-order chi connectivity index (χ1) is 12.8. The van der Waals surface area contributed by atoms with Gasteiger partial charge in [0, 0.05) is 37.8 Å². The van der Waals surface area contributed by atoms with Gasteiger partial charge < -0.3 is 14.5 Å². The average Bonchev–Trinajstić information content (AvgIpc) is 3.24. The summed E-state index contributed by atoms with van der Waals surface area (Å²) in [7, 11) is 0. The lowest BCUT2D eigenvalue weighted by Crippen LogP contribution is -2.45. The number of carbonyl (C=O) groups excluding carboxylic acids is 1. The van der Waals surface area contributed by atoms with Crippen LogP contribution in [0.15, 0.2) is 24.3 Å². The zero-order chi connectivity index (χ0) is 17.8. The zero-order valence-electron chi connectivity index (χ0n) is 15.6. The van der Waals surface area contributed by atoms with E-state index in [1.165, 1.54) is 24.3 Å². The number of amides is 1. The molecule has 3 aliphatic heterocycles. The van der Waals surface area contributed by atoms with E-state index in [1.807, 2.05) is 29.2 Å². The Balaban J connectivity index is 1.26. The molecule has 142 valence electrons. The van der Waals surface area contributed by atoms with E-state index in [-0.39, 0.29) is 5.91 Å². The minimum absolute atomic E-state index is 0.160. The van der Waals surface area contributed by atoms with Crippen molar-refractivity contribution in [3.05, 3.63) is 29.8 Å². The maximum absolute atomic E-state index is 12.4. The molecule has 0 unspecified atom stereocenters. The van der Waals surface area contributed by atoms with Crippen LogP contribution in [-0.4, -0.2) is 65.5 Å². The highest BCUT2D eigenvalue weighted by molar-refractivity contribution is 7.99. The van der Waals surface area contributed by atoms with E-state index >= 15 is 0 Å². The van der Waals surface area contributed by atoms with Crippen LogP contribution in [0.5, 0.6) is 5.75 Å². The average molecular weight is 375 g/mol. The van der Waals surface area contributed by atoms with E-state index in [9.17, 15) is 4.79 Å². The molecule has 3 fully saturated rings. The number of thioether (sulfide) groups is 1. The Hall–Kier alpha value is -1.20. The van der Waals surface area contributed by atoms with Gasteiger partial charge in [0.05, 0.1) is 0 Å². The van der Waals surface area contributed by atoms with Crippen molar-refractivity contribution in [1.82, 2.24) is 9.80 Å². The second-order valence-electron chi connectivity index (χ2n) is 7.72. The topological polar surface area (TPSA) is 32.8 Å². The Morgan fingerprint density at radius 1 is 0.923 bits per heavy atom. The second-order valence-corrected chi connectivity index (χ2v) is 8.95. The fourth-order valence-electron chi connectivity index (χ4n) is 4.38. The molecule has 0 saturated carbocycles. The van der Waals surface area contributed by atoms with Gasteiger partial charge in [-0.2, -0.15) is 11.8 Å². The second kappa shape index (κ2) is 8.66. The number of nitrogens with zero attached hydrogens (tertiary/aromatic N) is 2. The van der Waals surface area contributed by atoms with Crippen LogP contribution >= 0.6 is 11.8 Å². The third-order valence-electron chi connectivity index (χ3n) is 5.98. The van der Waals surface area contributed by atoms with Crippen LogP contribution < -0.4 is 4.74 Å². The minimum Gasteiger partial charge on any atom is -0.490 e. The first kappa shape index (κ1) is 18.2. The van der Waals surface area contributed by atoms with Gasteiger partial charge in [0.25, 0.3) is 5.91 Å². The van der Waals surface area contributed by atoms with Crippen LogP contribution in [0.2, 0.25) is 0 Å². The summed E-state index contributed by atoms with van der Waals surface area (Å²) < 4.78 is 6.20. The predicted octanol–water partition coefficient (Wildman–Crippen LogP) is 3.66. The monoisotopic (exact) mass is 374 g/mol. The first-order valence-electron chi connectivity index (χ1n) is 10.2. The number of rotatable bonds is 4. The van der Waals surface area contributed by atoms with Crippen molar-refractivity contribution in [3.63, 3.8) is 0 Å². The van der Waals surface area contributed by atoms with E-state index < -0.39 is 0 Å². The number of piperidine rings is 1. The Morgan fingerprint density at radius 3 is 2.23 bits per heavy atom. The standard InChI is InChI=1S/C21H30N2O2S/c24-21(23-11-1-2-12-23)17-3-5-19(6-4-17)25-20-7-13-22(14-8-20)18-9-15-26-16-10-18/h3-6,18,20H,1-2,7-16H2. The summed E-state index contributed by atoms with van der Waals surface area (Å²) in [6.45, 7) is 4.11. The highest BCUT2D eigenvalue weighted by Crippen LogP contribution is 2.26. The molecule has 0 N–H and O–H groups in total. The van der Waals surface area contributed by atoms with Crippen LogP contribution in [0.3, 0.4) is 0 Å². The predicted molar refractivity (Wildman–Crippen MR) is 107 cm³/mol. The summed E-state index contributed by atoms with van der Waals surface area (Å²) in [6, 6.07) is 8.57. The van der Waals surface area contributed by atoms with Crippen LogP contribution in [0.4, 0.5) is 0 Å². The van der Waals surface area contributed by atoms with Crippen molar-refractivity contribution >= 4 is 17.7 Å². The molecule has 1 amide bonds. The smallest absolute Gasteiger partial charge is 0.253 e. The van der Waals surface area contributed by atoms with Crippen LogP contribution in [-0.2, 0) is 0 Å². The lowest BCUT2D eigenvalue weighted by atomic mass is 10.0. The van der Waals surface area contributed by atoms with Crippen molar-refractivity contribution in [1.29, 1.82) is 0 Å². The normalized spacial score (nSPS) is 23.3. The number of likely N-dealkylation sites (tertiary alicyclic amines) is 2. The fraction of sp³-hybridized carbons (Fsp3) is 0.667. The Labute approximate surface area is 161 Å². The molecule has 5 heteroatoms. The lowest BCUT2D eigenvalue weighted by molar-refractivity contribution is 0.0725. The van der Waals surface area contributed by atoms with Crippen LogP contribution in [0.1, 0.15) is 48.9 Å². The Bertz CT molecular complexity index is 587. The largest absolute Gasteiger partial charge is 0.490 e. The molecule has 0 bridgehead atoms. The van der Waals surface area contributed by atoms with E-state index in [2.05, 4.69) is 16.7 Å². The SMILES string of the molecule is O=C(c1ccc(OC2CCN(C3CCSCC3)CC2)cc1)N1CCCC1. The molecule has 0 atom stereocenters. The van der Waals surface area contributed by atoms with Crippen molar-refractivity contribution in [2.75, 3.05) is 37.7 Å². The van der Waals surface area contributed by atoms with E-state index in [0.29, 0.717) is 6.10 Å². The molecule has 4 nitrogen and oxygen atoms in total. The molecule has 4 rings (SSSR count). The first-order valence-corrected chi connectivity index (χ1v) is 11.3. The van der Waals surface area contributed by atoms with Gasteiger partial charge in [-0.05, 0) is 74.3 Å². The van der Waals surface area contributed by atoms with Crippen molar-refractivity contribution in [2.45, 2.75) is 50.7 Å². The van der Waals surface area contributed by atoms with Gasteiger partial charge in [-0.25, -0.2) is 0 Å². The summed E-state index contributed by atoms with van der Waals surface area (Å²) in [5.41, 5.74) is 0.782. The molecule has 0 aliphatic carbocycles. The zero-order valence-corrected chi connectivity index (χ0v) is 16.4. The van der Waals surface area contributed by atoms with Crippen molar-refractivity contribution in [2.24, 2.45) is 0 Å². The van der Waals surface area contributed by atoms with Gasteiger partial charge in [0.15, 0.2) is 0 Å². The number of ether oxygens (including phenoxy) is 1.